The minimum absolute atomic E-state index is 0.0867. The molecule has 0 aliphatic carbocycles. The van der Waals surface area contributed by atoms with Crippen molar-refractivity contribution in [2.45, 2.75) is 6.61 Å². The fourth-order valence-electron chi connectivity index (χ4n) is 2.09. The number of phenolic OH excluding ortho intramolecular Hbond substituents is 1. The van der Waals surface area contributed by atoms with Gasteiger partial charge in [-0.15, -0.1) is 0 Å². The summed E-state index contributed by atoms with van der Waals surface area (Å²) in [5.74, 6) is -1.05. The van der Waals surface area contributed by atoms with Crippen molar-refractivity contribution in [1.29, 1.82) is 0 Å². The number of aromatic hydroxyl groups is 1. The highest BCUT2D eigenvalue weighted by atomic mass is 16.6. The summed E-state index contributed by atoms with van der Waals surface area (Å²) in [6, 6.07) is 12.8. The van der Waals surface area contributed by atoms with Gasteiger partial charge in [0, 0.05) is 18.7 Å². The van der Waals surface area contributed by atoms with Crippen LogP contribution in [-0.4, -0.2) is 46.7 Å². The topological polar surface area (TPSA) is 134 Å². The third-order valence-corrected chi connectivity index (χ3v) is 3.50. The Hall–Kier alpha value is -3.95. The summed E-state index contributed by atoms with van der Waals surface area (Å²) >= 11 is 0. The van der Waals surface area contributed by atoms with Crippen LogP contribution in [0.25, 0.3) is 0 Å². The average Bonchev–Trinajstić information content (AvgIpc) is 2.67. The number of benzene rings is 2. The van der Waals surface area contributed by atoms with Crippen molar-refractivity contribution in [3.05, 3.63) is 69.8 Å². The molecule has 2 amide bonds. The van der Waals surface area contributed by atoms with E-state index in [1.54, 1.807) is 0 Å². The Bertz CT molecular complexity index is 885. The standard InChI is InChI=1S/C18H18N4O6/c1-21(18(25)28-12-13-5-3-2-4-6-13)11-17(24)20-19-10-14-7-8-16(23)15(9-14)22(26)27/h2-10,23H,11-12H2,1H3,(H,20,24). The largest absolute Gasteiger partial charge is 0.502 e. The first-order chi connectivity index (χ1) is 13.4. The second-order valence-corrected chi connectivity index (χ2v) is 5.69. The predicted molar refractivity (Wildman–Crippen MR) is 99.8 cm³/mol. The van der Waals surface area contributed by atoms with E-state index in [-0.39, 0.29) is 13.2 Å². The van der Waals surface area contributed by atoms with Crippen LogP contribution in [0.15, 0.2) is 53.6 Å². The van der Waals surface area contributed by atoms with Crippen LogP contribution in [0.1, 0.15) is 11.1 Å². The molecule has 0 aliphatic rings. The number of nitro groups is 1. The van der Waals surface area contributed by atoms with E-state index in [9.17, 15) is 24.8 Å². The molecule has 0 radical (unpaired) electrons. The van der Waals surface area contributed by atoms with Crippen LogP contribution in [0.5, 0.6) is 5.75 Å². The summed E-state index contributed by atoms with van der Waals surface area (Å²) in [6.07, 6.45) is 0.509. The normalized spacial score (nSPS) is 10.5. The summed E-state index contributed by atoms with van der Waals surface area (Å²) < 4.78 is 5.09. The van der Waals surface area contributed by atoms with Crippen molar-refractivity contribution in [3.63, 3.8) is 0 Å². The molecule has 0 fully saturated rings. The number of amides is 2. The molecule has 0 spiro atoms. The maximum absolute atomic E-state index is 11.9. The van der Waals surface area contributed by atoms with E-state index in [0.29, 0.717) is 5.56 Å². The summed E-state index contributed by atoms with van der Waals surface area (Å²) in [7, 11) is 1.40. The summed E-state index contributed by atoms with van der Waals surface area (Å²) in [4.78, 5) is 34.8. The number of hydrazone groups is 1. The molecule has 0 saturated heterocycles. The molecule has 0 aromatic heterocycles. The number of nitrogens with zero attached hydrogens (tertiary/aromatic N) is 3. The van der Waals surface area contributed by atoms with Gasteiger partial charge in [0.2, 0.25) is 0 Å². The molecule has 0 unspecified atom stereocenters. The zero-order valence-electron chi connectivity index (χ0n) is 14.9. The van der Waals surface area contributed by atoms with Crippen LogP contribution in [0.3, 0.4) is 0 Å². The van der Waals surface area contributed by atoms with E-state index in [0.717, 1.165) is 22.6 Å². The monoisotopic (exact) mass is 386 g/mol. The summed E-state index contributed by atoms with van der Waals surface area (Å²) in [5, 5.41) is 23.8. The number of rotatable bonds is 7. The van der Waals surface area contributed by atoms with Gasteiger partial charge in [-0.25, -0.2) is 10.2 Å². The SMILES string of the molecule is CN(CC(=O)NN=Cc1ccc(O)c([N+](=O)[O-])c1)C(=O)OCc1ccccc1. The van der Waals surface area contributed by atoms with Gasteiger partial charge in [-0.2, -0.15) is 5.10 Å². The molecule has 10 nitrogen and oxygen atoms in total. The molecule has 0 atom stereocenters. The molecule has 0 saturated carbocycles. The van der Waals surface area contributed by atoms with E-state index >= 15 is 0 Å². The number of phenols is 1. The smallest absolute Gasteiger partial charge is 0.410 e. The van der Waals surface area contributed by atoms with Gasteiger partial charge in [-0.05, 0) is 17.7 Å². The zero-order chi connectivity index (χ0) is 20.5. The van der Waals surface area contributed by atoms with Gasteiger partial charge in [-0.3, -0.25) is 14.9 Å². The molecule has 2 aromatic rings. The maximum Gasteiger partial charge on any atom is 0.410 e. The lowest BCUT2D eigenvalue weighted by molar-refractivity contribution is -0.385. The fourth-order valence-corrected chi connectivity index (χ4v) is 2.09. The van der Waals surface area contributed by atoms with Gasteiger partial charge < -0.3 is 14.7 Å². The Labute approximate surface area is 160 Å². The summed E-state index contributed by atoms with van der Waals surface area (Å²) in [5.41, 5.74) is 2.85. The highest BCUT2D eigenvalue weighted by Gasteiger charge is 2.14. The quantitative estimate of drug-likeness (QED) is 0.425. The lowest BCUT2D eigenvalue weighted by Crippen LogP contribution is -2.36. The molecule has 2 N–H and O–H groups in total. The Balaban J connectivity index is 1.81. The van der Waals surface area contributed by atoms with Crippen molar-refractivity contribution in [3.8, 4) is 5.75 Å². The molecule has 0 bridgehead atoms. The van der Waals surface area contributed by atoms with E-state index < -0.39 is 28.4 Å². The third-order valence-electron chi connectivity index (χ3n) is 3.50. The highest BCUT2D eigenvalue weighted by molar-refractivity contribution is 5.85. The van der Waals surface area contributed by atoms with Crippen LogP contribution >= 0.6 is 0 Å². The Morgan fingerprint density at radius 1 is 1.29 bits per heavy atom. The molecule has 0 heterocycles. The first kappa shape index (κ1) is 20.4. The first-order valence-electron chi connectivity index (χ1n) is 8.08. The maximum atomic E-state index is 11.9. The van der Waals surface area contributed by atoms with Crippen molar-refractivity contribution >= 4 is 23.9 Å². The molecular formula is C18H18N4O6. The van der Waals surface area contributed by atoms with E-state index in [1.165, 1.54) is 19.3 Å². The molecular weight excluding hydrogens is 368 g/mol. The van der Waals surface area contributed by atoms with Crippen LogP contribution in [0.2, 0.25) is 0 Å². The minimum Gasteiger partial charge on any atom is -0.502 e. The number of nitro benzene ring substituents is 1. The number of ether oxygens (including phenoxy) is 1. The lowest BCUT2D eigenvalue weighted by Gasteiger charge is -2.15. The molecule has 146 valence electrons. The number of carbonyl (C=O) groups is 2. The molecule has 28 heavy (non-hydrogen) atoms. The highest BCUT2D eigenvalue weighted by Crippen LogP contribution is 2.25. The van der Waals surface area contributed by atoms with Gasteiger partial charge in [-0.1, -0.05) is 30.3 Å². The van der Waals surface area contributed by atoms with Gasteiger partial charge in [0.05, 0.1) is 11.1 Å². The second-order valence-electron chi connectivity index (χ2n) is 5.69. The van der Waals surface area contributed by atoms with Gasteiger partial charge in [0.25, 0.3) is 5.91 Å². The minimum atomic E-state index is -0.735. The molecule has 2 rings (SSSR count). The summed E-state index contributed by atoms with van der Waals surface area (Å²) in [6.45, 7) is -0.204. The Kier molecular flexibility index (Phi) is 7.03. The van der Waals surface area contributed by atoms with Crippen molar-refractivity contribution in [2.75, 3.05) is 13.6 Å². The van der Waals surface area contributed by atoms with E-state index in [2.05, 4.69) is 10.5 Å². The Morgan fingerprint density at radius 3 is 2.68 bits per heavy atom. The number of likely N-dealkylation sites (N-methyl/N-ethyl adjacent to an activating group) is 1. The number of hydrogen-bond acceptors (Lipinski definition) is 7. The van der Waals surface area contributed by atoms with Crippen LogP contribution < -0.4 is 5.43 Å². The molecule has 10 heteroatoms. The van der Waals surface area contributed by atoms with Crippen molar-refractivity contribution in [2.24, 2.45) is 5.10 Å². The van der Waals surface area contributed by atoms with Crippen LogP contribution in [0.4, 0.5) is 10.5 Å². The van der Waals surface area contributed by atoms with Gasteiger partial charge in [0.15, 0.2) is 5.75 Å². The number of hydrogen-bond donors (Lipinski definition) is 2. The molecule has 2 aromatic carbocycles. The number of carbonyl (C=O) groups excluding carboxylic acids is 2. The molecule has 0 aliphatic heterocycles. The van der Waals surface area contributed by atoms with Gasteiger partial charge >= 0.3 is 11.8 Å². The predicted octanol–water partition coefficient (Wildman–Crippen LogP) is 2.02. The lowest BCUT2D eigenvalue weighted by atomic mass is 10.2. The third kappa shape index (κ3) is 6.09. The first-order valence-corrected chi connectivity index (χ1v) is 8.08. The van der Waals surface area contributed by atoms with E-state index in [1.807, 2.05) is 30.3 Å². The van der Waals surface area contributed by atoms with E-state index in [4.69, 9.17) is 4.74 Å². The fraction of sp³-hybridized carbons (Fsp3) is 0.167. The van der Waals surface area contributed by atoms with Crippen LogP contribution in [0, 0.1) is 10.1 Å². The average molecular weight is 386 g/mol. The van der Waals surface area contributed by atoms with Crippen molar-refractivity contribution in [1.82, 2.24) is 10.3 Å². The van der Waals surface area contributed by atoms with Crippen molar-refractivity contribution < 1.29 is 24.4 Å². The zero-order valence-corrected chi connectivity index (χ0v) is 14.9. The second kappa shape index (κ2) is 9.67. The van der Waals surface area contributed by atoms with Crippen LogP contribution in [-0.2, 0) is 16.1 Å². The number of nitrogens with one attached hydrogen (secondary N) is 1. The van der Waals surface area contributed by atoms with Gasteiger partial charge in [0.1, 0.15) is 13.2 Å². The Morgan fingerprint density at radius 2 is 2.00 bits per heavy atom.